The summed E-state index contributed by atoms with van der Waals surface area (Å²) in [5, 5.41) is 5.45. The van der Waals surface area contributed by atoms with E-state index in [0.717, 1.165) is 11.8 Å². The molecule has 0 aromatic carbocycles. The van der Waals surface area contributed by atoms with Crippen LogP contribution in [0.2, 0.25) is 0 Å². The number of nitrogens with one attached hydrogen (secondary N) is 3. The number of rotatable bonds is 10. The lowest BCUT2D eigenvalue weighted by atomic mass is 10.3. The summed E-state index contributed by atoms with van der Waals surface area (Å²) < 4.78 is 54.0. The second kappa shape index (κ2) is 10.5. The maximum atomic E-state index is 13.6. The minimum Gasteiger partial charge on any atom is -0.345 e. The zero-order valence-electron chi connectivity index (χ0n) is 17.3. The van der Waals surface area contributed by atoms with Gasteiger partial charge in [-0.1, -0.05) is 13.2 Å². The number of hydrogen-bond acceptors (Lipinski definition) is 6. The largest absolute Gasteiger partial charge is 0.427 e. The van der Waals surface area contributed by atoms with Crippen LogP contribution in [0.5, 0.6) is 0 Å². The molecule has 0 spiro atoms. The molecule has 0 saturated carbocycles. The van der Waals surface area contributed by atoms with E-state index in [9.17, 15) is 22.4 Å². The number of halogens is 4. The highest BCUT2D eigenvalue weighted by Crippen LogP contribution is 2.36. The van der Waals surface area contributed by atoms with Gasteiger partial charge in [-0.25, -0.2) is 14.4 Å². The third-order valence-corrected chi connectivity index (χ3v) is 5.57. The van der Waals surface area contributed by atoms with E-state index in [1.165, 1.54) is 12.3 Å². The molecule has 3 heterocycles. The number of alkyl halides is 3. The quantitative estimate of drug-likeness (QED) is 0.302. The van der Waals surface area contributed by atoms with Gasteiger partial charge in [0.15, 0.2) is 5.69 Å². The van der Waals surface area contributed by atoms with Gasteiger partial charge in [0.2, 0.25) is 0 Å². The van der Waals surface area contributed by atoms with Crippen LogP contribution in [-0.4, -0.2) is 32.4 Å². The summed E-state index contributed by atoms with van der Waals surface area (Å²) in [6, 6.07) is 2.51. The topological polar surface area (TPSA) is 95.6 Å². The fourth-order valence-electron chi connectivity index (χ4n) is 2.86. The first-order valence-corrected chi connectivity index (χ1v) is 10.5. The molecule has 0 aliphatic heterocycles. The molecule has 0 fully saturated rings. The van der Waals surface area contributed by atoms with Crippen LogP contribution in [0.4, 0.5) is 17.6 Å². The van der Waals surface area contributed by atoms with E-state index in [0.29, 0.717) is 35.9 Å². The van der Waals surface area contributed by atoms with Crippen molar-refractivity contribution in [3.63, 3.8) is 0 Å². The Balaban J connectivity index is 1.63. The molecule has 0 aliphatic carbocycles. The minimum absolute atomic E-state index is 0.0868. The summed E-state index contributed by atoms with van der Waals surface area (Å²) in [5.74, 6) is -1.10. The first-order chi connectivity index (χ1) is 15.7. The average Bonchev–Trinajstić information content (AvgIpc) is 3.40. The molecule has 0 aliphatic rings. The number of pyridine rings is 1. The Morgan fingerprint density at radius 3 is 2.64 bits per heavy atom. The van der Waals surface area contributed by atoms with Gasteiger partial charge < -0.3 is 15.6 Å². The maximum absolute atomic E-state index is 13.6. The fourth-order valence-corrected chi connectivity index (χ4v) is 3.79. The molecule has 0 bridgehead atoms. The van der Waals surface area contributed by atoms with Gasteiger partial charge in [-0.2, -0.15) is 13.2 Å². The summed E-state index contributed by atoms with van der Waals surface area (Å²) in [6.45, 7) is 7.62. The van der Waals surface area contributed by atoms with Gasteiger partial charge in [0, 0.05) is 19.2 Å². The number of aromatic amines is 1. The summed E-state index contributed by atoms with van der Waals surface area (Å²) in [4.78, 5) is 26.3. The van der Waals surface area contributed by atoms with Gasteiger partial charge >= 0.3 is 6.18 Å². The lowest BCUT2D eigenvalue weighted by Gasteiger charge is -2.07. The molecule has 0 atom stereocenters. The van der Waals surface area contributed by atoms with Crippen LogP contribution < -0.4 is 10.6 Å². The lowest BCUT2D eigenvalue weighted by Crippen LogP contribution is -2.26. The number of H-pyrrole nitrogens is 1. The Kier molecular flexibility index (Phi) is 7.71. The van der Waals surface area contributed by atoms with Crippen molar-refractivity contribution >= 4 is 29.4 Å². The number of carbonyl (C=O) groups is 1. The molecule has 0 unspecified atom stereocenters. The normalized spacial score (nSPS) is 11.4. The van der Waals surface area contributed by atoms with Gasteiger partial charge in [0.25, 0.3) is 5.91 Å². The number of carbonyl (C=O) groups excluding carboxylic acids is 1. The second-order valence-electron chi connectivity index (χ2n) is 6.72. The van der Waals surface area contributed by atoms with Crippen LogP contribution in [0, 0.1) is 5.82 Å². The molecule has 3 N–H and O–H groups in total. The van der Waals surface area contributed by atoms with Crippen molar-refractivity contribution in [2.75, 3.05) is 6.54 Å². The van der Waals surface area contributed by atoms with Crippen molar-refractivity contribution in [1.29, 1.82) is 0 Å². The molecule has 3 aromatic rings. The molecule has 3 rings (SSSR count). The van der Waals surface area contributed by atoms with Crippen LogP contribution in [0.25, 0.3) is 12.2 Å². The number of amides is 1. The number of nitrogens with zero attached hydrogens (tertiary/aromatic N) is 3. The predicted molar refractivity (Wildman–Crippen MR) is 117 cm³/mol. The average molecular weight is 480 g/mol. The van der Waals surface area contributed by atoms with Crippen LogP contribution in [0.1, 0.15) is 43.3 Å². The molecular weight excluding hydrogens is 460 g/mol. The lowest BCUT2D eigenvalue weighted by molar-refractivity contribution is -0.134. The van der Waals surface area contributed by atoms with Crippen LogP contribution in [-0.2, 0) is 25.7 Å². The molecule has 3 aromatic heterocycles. The van der Waals surface area contributed by atoms with Crippen molar-refractivity contribution in [3.8, 4) is 0 Å². The third-order valence-electron chi connectivity index (χ3n) is 4.41. The highest BCUT2D eigenvalue weighted by atomic mass is 32.1. The summed E-state index contributed by atoms with van der Waals surface area (Å²) in [7, 11) is 0. The SMILES string of the molecule is C=Cc1nc(CNCCc2nc(C(=O)NCc3ncccc3F)c(C(F)(F)F)s2)[nH]c1C=C. The maximum Gasteiger partial charge on any atom is 0.427 e. The Bertz CT molecular complexity index is 1130. The highest BCUT2D eigenvalue weighted by molar-refractivity contribution is 7.12. The van der Waals surface area contributed by atoms with Gasteiger partial charge in [0.05, 0.1) is 35.2 Å². The van der Waals surface area contributed by atoms with Crippen molar-refractivity contribution in [2.45, 2.75) is 25.7 Å². The molecule has 1 amide bonds. The smallest absolute Gasteiger partial charge is 0.345 e. The first kappa shape index (κ1) is 24.3. The summed E-state index contributed by atoms with van der Waals surface area (Å²) >= 11 is 0.403. The highest BCUT2D eigenvalue weighted by Gasteiger charge is 2.39. The number of aromatic nitrogens is 4. The van der Waals surface area contributed by atoms with E-state index in [2.05, 4.69) is 43.7 Å². The third kappa shape index (κ3) is 6.11. The second-order valence-corrected chi connectivity index (χ2v) is 7.80. The minimum atomic E-state index is -4.75. The molecule has 0 radical (unpaired) electrons. The van der Waals surface area contributed by atoms with Crippen molar-refractivity contribution in [3.05, 3.63) is 75.8 Å². The molecule has 12 heteroatoms. The zero-order valence-corrected chi connectivity index (χ0v) is 18.1. The Morgan fingerprint density at radius 1 is 1.21 bits per heavy atom. The van der Waals surface area contributed by atoms with Crippen molar-refractivity contribution in [1.82, 2.24) is 30.6 Å². The van der Waals surface area contributed by atoms with Gasteiger partial charge in [-0.05, 0) is 24.3 Å². The summed E-state index contributed by atoms with van der Waals surface area (Å²) in [5.41, 5.74) is 0.544. The van der Waals surface area contributed by atoms with Gasteiger partial charge in [0.1, 0.15) is 16.5 Å². The van der Waals surface area contributed by atoms with E-state index in [1.54, 1.807) is 12.2 Å². The summed E-state index contributed by atoms with van der Waals surface area (Å²) in [6.07, 6.45) is -0.0722. The Labute approximate surface area is 190 Å². The predicted octanol–water partition coefficient (Wildman–Crippen LogP) is 3.97. The van der Waals surface area contributed by atoms with Crippen molar-refractivity contribution in [2.24, 2.45) is 0 Å². The van der Waals surface area contributed by atoms with Crippen molar-refractivity contribution < 1.29 is 22.4 Å². The number of imidazole rings is 1. The first-order valence-electron chi connectivity index (χ1n) is 9.72. The van der Waals surface area contributed by atoms with E-state index >= 15 is 0 Å². The van der Waals surface area contributed by atoms with Gasteiger partial charge in [-0.15, -0.1) is 11.3 Å². The van der Waals surface area contributed by atoms with E-state index in [1.807, 2.05) is 0 Å². The monoisotopic (exact) mass is 480 g/mol. The molecule has 33 heavy (non-hydrogen) atoms. The zero-order chi connectivity index (χ0) is 24.0. The van der Waals surface area contributed by atoms with E-state index in [-0.39, 0.29) is 23.7 Å². The van der Waals surface area contributed by atoms with E-state index < -0.39 is 28.5 Å². The Hall–Kier alpha value is -3.38. The number of thiazole rings is 1. The molecular formula is C21H20F4N6OS. The van der Waals surface area contributed by atoms with Gasteiger partial charge in [-0.3, -0.25) is 9.78 Å². The van der Waals surface area contributed by atoms with Crippen LogP contribution in [0.3, 0.4) is 0 Å². The standard InChI is InChI=1S/C21H20F4N6OS/c1-3-13-14(4-2)30-16(29-13)11-26-9-7-17-31-18(19(33-17)21(23,24)25)20(32)28-10-15-12(22)6-5-8-27-15/h3-6,8,26H,1-2,7,9-11H2,(H,28,32)(H,29,30). The molecule has 7 nitrogen and oxygen atoms in total. The number of hydrogen-bond donors (Lipinski definition) is 3. The van der Waals surface area contributed by atoms with Crippen LogP contribution >= 0.6 is 11.3 Å². The molecule has 174 valence electrons. The Morgan fingerprint density at radius 2 is 2.00 bits per heavy atom. The van der Waals surface area contributed by atoms with Crippen LogP contribution in [0.15, 0.2) is 31.5 Å². The van der Waals surface area contributed by atoms with E-state index in [4.69, 9.17) is 0 Å². The molecule has 0 saturated heterocycles. The fraction of sp³-hybridized carbons (Fsp3) is 0.238.